The minimum atomic E-state index is -4.73. The van der Waals surface area contributed by atoms with Gasteiger partial charge in [-0.2, -0.15) is 13.2 Å². The van der Waals surface area contributed by atoms with E-state index in [0.29, 0.717) is 0 Å². The third-order valence-electron chi connectivity index (χ3n) is 7.89. The van der Waals surface area contributed by atoms with Crippen molar-refractivity contribution in [1.29, 1.82) is 0 Å². The lowest BCUT2D eigenvalue weighted by molar-refractivity contribution is -0.136. The fourth-order valence-corrected chi connectivity index (χ4v) is 5.49. The molecular weight excluding hydrogens is 665 g/mol. The lowest BCUT2D eigenvalue weighted by Crippen LogP contribution is -2.18. The van der Waals surface area contributed by atoms with E-state index in [1.54, 1.807) is 0 Å². The Balaban J connectivity index is 0.000000220. The summed E-state index contributed by atoms with van der Waals surface area (Å²) in [5.41, 5.74) is 5.89. The van der Waals surface area contributed by atoms with Crippen molar-refractivity contribution in [2.24, 2.45) is 5.73 Å². The van der Waals surface area contributed by atoms with Crippen molar-refractivity contribution in [3.05, 3.63) is 119 Å². The summed E-state index contributed by atoms with van der Waals surface area (Å²) in [6, 6.07) is 24.8. The summed E-state index contributed by atoms with van der Waals surface area (Å²) >= 11 is 5.83. The minimum absolute atomic E-state index is 0.0982. The van der Waals surface area contributed by atoms with Crippen LogP contribution in [0.2, 0.25) is 5.15 Å². The van der Waals surface area contributed by atoms with E-state index >= 15 is 0 Å². The molecule has 0 aliphatic rings. The Hall–Kier alpha value is -4.12. The first-order valence-electron chi connectivity index (χ1n) is 17.2. The number of hydrogen-bond acceptors (Lipinski definition) is 5. The van der Waals surface area contributed by atoms with E-state index in [9.17, 15) is 18.0 Å². The lowest BCUT2D eigenvalue weighted by Gasteiger charge is -2.10. The van der Waals surface area contributed by atoms with Gasteiger partial charge in [0.1, 0.15) is 10.9 Å². The van der Waals surface area contributed by atoms with Gasteiger partial charge in [-0.3, -0.25) is 4.40 Å². The SMILES string of the molecule is CCCCCCCCCCNCCc1ccccc1.NCCc1ccccc1.O=C(O)c1nc2c(C(F)(F)F)cc(-c3ccco3)cn2c1Cl. The molecule has 7 nitrogen and oxygen atoms in total. The van der Waals surface area contributed by atoms with Crippen LogP contribution in [0, 0.1) is 0 Å². The summed E-state index contributed by atoms with van der Waals surface area (Å²) in [6.07, 6.45) is 11.2. The molecule has 0 fully saturated rings. The molecule has 0 atom stereocenters. The lowest BCUT2D eigenvalue weighted by atomic mass is 10.1. The number of pyridine rings is 1. The molecule has 0 amide bonds. The van der Waals surface area contributed by atoms with Crippen molar-refractivity contribution >= 4 is 23.2 Å². The van der Waals surface area contributed by atoms with Gasteiger partial charge >= 0.3 is 12.1 Å². The molecule has 4 N–H and O–H groups in total. The second-order valence-electron chi connectivity index (χ2n) is 11.9. The maximum absolute atomic E-state index is 13.2. The molecular formula is C39H48ClF3N4O3. The first-order valence-corrected chi connectivity index (χ1v) is 17.6. The zero-order valence-corrected chi connectivity index (χ0v) is 29.4. The molecule has 270 valence electrons. The summed E-state index contributed by atoms with van der Waals surface area (Å²) in [4.78, 5) is 14.5. The van der Waals surface area contributed by atoms with Crippen molar-refractivity contribution < 1.29 is 27.5 Å². The number of aromatic nitrogens is 2. The molecule has 2 aromatic carbocycles. The van der Waals surface area contributed by atoms with Gasteiger partial charge in [-0.1, -0.05) is 124 Å². The average Bonchev–Trinajstić information content (AvgIpc) is 3.77. The standard InChI is InChI=1S/C18H31N.C13H6ClF3N2O3.C8H11N/c1-2-3-4-5-6-7-8-12-16-19-17-15-18-13-10-9-11-14-18;14-10-9(12(20)21)18-11-7(13(15,16)17)4-6(5-19(10)11)8-2-1-3-22-8;9-7-6-8-4-2-1-3-5-8/h9-11,13-14,19H,2-8,12,15-17H2,1H3;1-5H,(H,20,21);1-5H,6-7,9H2. The molecule has 0 spiro atoms. The largest absolute Gasteiger partial charge is 0.476 e. The van der Waals surface area contributed by atoms with Gasteiger partial charge in [0.2, 0.25) is 0 Å². The van der Waals surface area contributed by atoms with Gasteiger partial charge in [0.15, 0.2) is 11.3 Å². The Morgan fingerprint density at radius 1 is 0.880 bits per heavy atom. The van der Waals surface area contributed by atoms with Crippen LogP contribution in [-0.2, 0) is 19.0 Å². The number of benzene rings is 2. The Morgan fingerprint density at radius 3 is 2.02 bits per heavy atom. The third kappa shape index (κ3) is 13.7. The van der Waals surface area contributed by atoms with Gasteiger partial charge in [0.05, 0.1) is 11.8 Å². The molecule has 5 aromatic rings. The maximum Gasteiger partial charge on any atom is 0.420 e. The number of fused-ring (bicyclic) bond motifs is 1. The van der Waals surface area contributed by atoms with Crippen LogP contribution in [0.5, 0.6) is 0 Å². The number of nitrogens with one attached hydrogen (secondary N) is 1. The molecule has 5 rings (SSSR count). The van der Waals surface area contributed by atoms with Crippen LogP contribution in [0.1, 0.15) is 85.5 Å². The number of nitrogens with two attached hydrogens (primary N) is 1. The highest BCUT2D eigenvalue weighted by Gasteiger charge is 2.36. The highest BCUT2D eigenvalue weighted by Crippen LogP contribution is 2.37. The van der Waals surface area contributed by atoms with E-state index in [1.165, 1.54) is 93.6 Å². The monoisotopic (exact) mass is 712 g/mol. The second kappa shape index (κ2) is 21.9. The van der Waals surface area contributed by atoms with Crippen molar-refractivity contribution in [1.82, 2.24) is 14.7 Å². The number of carbonyl (C=O) groups is 1. The number of nitrogens with zero attached hydrogens (tertiary/aromatic N) is 2. The highest BCUT2D eigenvalue weighted by atomic mass is 35.5. The van der Waals surface area contributed by atoms with Gasteiger partial charge < -0.3 is 20.6 Å². The molecule has 50 heavy (non-hydrogen) atoms. The first-order chi connectivity index (χ1) is 24.2. The smallest absolute Gasteiger partial charge is 0.420 e. The van der Waals surface area contributed by atoms with Crippen LogP contribution in [-0.4, -0.2) is 40.1 Å². The van der Waals surface area contributed by atoms with Crippen LogP contribution >= 0.6 is 11.6 Å². The predicted molar refractivity (Wildman–Crippen MR) is 195 cm³/mol. The van der Waals surface area contributed by atoms with E-state index in [2.05, 4.69) is 59.7 Å². The second-order valence-corrected chi connectivity index (χ2v) is 12.2. The number of alkyl halides is 3. The minimum Gasteiger partial charge on any atom is -0.476 e. The van der Waals surface area contributed by atoms with Gasteiger partial charge in [-0.15, -0.1) is 0 Å². The first kappa shape index (κ1) is 40.3. The Bertz CT molecular complexity index is 1660. The molecule has 3 aromatic heterocycles. The summed E-state index contributed by atoms with van der Waals surface area (Å²) in [5.74, 6) is -1.32. The van der Waals surface area contributed by atoms with Crippen molar-refractivity contribution in [3.8, 4) is 11.3 Å². The summed E-state index contributed by atoms with van der Waals surface area (Å²) in [6.45, 7) is 5.31. The summed E-state index contributed by atoms with van der Waals surface area (Å²) in [7, 11) is 0. The quantitative estimate of drug-likeness (QED) is 0.0880. The average molecular weight is 713 g/mol. The summed E-state index contributed by atoms with van der Waals surface area (Å²) < 4.78 is 45.6. The molecule has 0 aliphatic carbocycles. The number of rotatable bonds is 16. The van der Waals surface area contributed by atoms with Crippen LogP contribution < -0.4 is 11.1 Å². The zero-order valence-electron chi connectivity index (χ0n) is 28.6. The van der Waals surface area contributed by atoms with Crippen molar-refractivity contribution in [3.63, 3.8) is 0 Å². The van der Waals surface area contributed by atoms with E-state index in [0.717, 1.165) is 36.4 Å². The van der Waals surface area contributed by atoms with E-state index in [1.807, 2.05) is 18.2 Å². The molecule has 0 aliphatic heterocycles. The third-order valence-corrected chi connectivity index (χ3v) is 8.25. The molecule has 0 unspecified atom stereocenters. The number of aromatic carboxylic acids is 1. The van der Waals surface area contributed by atoms with E-state index in [-0.39, 0.29) is 11.3 Å². The molecule has 0 radical (unpaired) electrons. The van der Waals surface area contributed by atoms with Crippen LogP contribution in [0.15, 0.2) is 95.7 Å². The number of carboxylic acid groups (broad SMARTS) is 1. The van der Waals surface area contributed by atoms with Crippen LogP contribution in [0.3, 0.4) is 0 Å². The Kier molecular flexibility index (Phi) is 17.6. The molecule has 3 heterocycles. The number of imidazole rings is 1. The predicted octanol–water partition coefficient (Wildman–Crippen LogP) is 10.1. The molecule has 0 bridgehead atoms. The Labute approximate surface area is 297 Å². The fraction of sp³-hybridized carbons (Fsp3) is 0.385. The fourth-order valence-electron chi connectivity index (χ4n) is 5.24. The molecule has 11 heteroatoms. The van der Waals surface area contributed by atoms with Crippen molar-refractivity contribution in [2.75, 3.05) is 19.6 Å². The number of halogens is 4. The Morgan fingerprint density at radius 2 is 1.48 bits per heavy atom. The van der Waals surface area contributed by atoms with E-state index in [4.69, 9.17) is 26.9 Å². The number of furan rings is 1. The summed E-state index contributed by atoms with van der Waals surface area (Å²) in [5, 5.41) is 12.1. The number of carboxylic acids is 1. The number of unbranched alkanes of at least 4 members (excludes halogenated alkanes) is 7. The van der Waals surface area contributed by atoms with E-state index < -0.39 is 34.2 Å². The van der Waals surface area contributed by atoms with Gasteiger partial charge in [-0.25, -0.2) is 9.78 Å². The highest BCUT2D eigenvalue weighted by molar-refractivity contribution is 6.32. The zero-order chi connectivity index (χ0) is 36.2. The topological polar surface area (TPSA) is 106 Å². The van der Waals surface area contributed by atoms with Crippen molar-refractivity contribution in [2.45, 2.75) is 77.3 Å². The maximum atomic E-state index is 13.2. The van der Waals surface area contributed by atoms with Gasteiger partial charge in [-0.05, 0) is 68.2 Å². The molecule has 0 saturated carbocycles. The molecule has 0 saturated heterocycles. The van der Waals surface area contributed by atoms with Gasteiger partial charge in [0, 0.05) is 11.8 Å². The van der Waals surface area contributed by atoms with Crippen LogP contribution in [0.25, 0.3) is 17.0 Å². The van der Waals surface area contributed by atoms with Gasteiger partial charge in [0.25, 0.3) is 0 Å². The normalized spacial score (nSPS) is 11.1. The number of hydrogen-bond donors (Lipinski definition) is 3. The van der Waals surface area contributed by atoms with Crippen LogP contribution in [0.4, 0.5) is 13.2 Å².